The Kier molecular flexibility index (Phi) is 5.90. The summed E-state index contributed by atoms with van der Waals surface area (Å²) in [5.41, 5.74) is 0.811. The number of carbonyl (C=O) groups is 1. The minimum atomic E-state index is -0.344. The van der Waals surface area contributed by atoms with Crippen molar-refractivity contribution in [2.75, 3.05) is 5.32 Å². The molecule has 4 aromatic rings. The molecule has 7 heteroatoms. The first-order valence-electron chi connectivity index (χ1n) is 9.95. The number of hydrogen-bond acceptors (Lipinski definition) is 5. The summed E-state index contributed by atoms with van der Waals surface area (Å²) in [6.07, 6.45) is 1.62. The van der Waals surface area contributed by atoms with E-state index in [1.807, 2.05) is 66.1 Å². The first-order valence-corrected chi connectivity index (χ1v) is 10.8. The number of nitrogens with zero attached hydrogens (tertiary/aromatic N) is 3. The van der Waals surface area contributed by atoms with E-state index in [1.165, 1.54) is 11.8 Å². The van der Waals surface area contributed by atoms with Crippen LogP contribution in [0, 0.1) is 5.92 Å². The Morgan fingerprint density at radius 1 is 1.07 bits per heavy atom. The lowest BCUT2D eigenvalue weighted by Crippen LogP contribution is -2.23. The molecule has 0 saturated heterocycles. The molecule has 0 aliphatic carbocycles. The molecule has 2 aromatic carbocycles. The molecule has 2 heterocycles. The Bertz CT molecular complexity index is 1150. The molecule has 1 amide bonds. The van der Waals surface area contributed by atoms with Crippen molar-refractivity contribution in [2.24, 2.45) is 5.92 Å². The largest absolute Gasteiger partial charge is 0.461 e. The maximum absolute atomic E-state index is 12.9. The van der Waals surface area contributed by atoms with E-state index in [2.05, 4.69) is 29.4 Å². The van der Waals surface area contributed by atoms with Crippen LogP contribution in [-0.2, 0) is 11.3 Å². The molecule has 4 rings (SSSR count). The number of thioether (sulfide) groups is 1. The van der Waals surface area contributed by atoms with Gasteiger partial charge in [-0.1, -0.05) is 62.0 Å². The van der Waals surface area contributed by atoms with Crippen molar-refractivity contribution in [3.8, 4) is 11.6 Å². The highest BCUT2D eigenvalue weighted by Gasteiger charge is 2.22. The zero-order valence-electron chi connectivity index (χ0n) is 17.2. The van der Waals surface area contributed by atoms with E-state index in [9.17, 15) is 4.79 Å². The number of amides is 1. The van der Waals surface area contributed by atoms with Crippen LogP contribution in [0.15, 0.2) is 70.4 Å². The molecule has 1 atom stereocenters. The first-order chi connectivity index (χ1) is 14.5. The van der Waals surface area contributed by atoms with E-state index in [1.54, 1.807) is 6.26 Å². The van der Waals surface area contributed by atoms with Crippen molar-refractivity contribution in [1.82, 2.24) is 14.8 Å². The van der Waals surface area contributed by atoms with E-state index in [0.29, 0.717) is 22.7 Å². The SMILES string of the molecule is CC(C)Cn1c(SC(C)C(=O)Nc2cccc3ccccc23)nnc1-c1ccco1. The molecule has 0 spiro atoms. The van der Waals surface area contributed by atoms with Crippen LogP contribution in [-0.4, -0.2) is 25.9 Å². The smallest absolute Gasteiger partial charge is 0.237 e. The van der Waals surface area contributed by atoms with E-state index in [0.717, 1.165) is 23.0 Å². The molecular formula is C23H24N4O2S. The summed E-state index contributed by atoms with van der Waals surface area (Å²) in [6.45, 7) is 6.89. The predicted molar refractivity (Wildman–Crippen MR) is 120 cm³/mol. The molecule has 30 heavy (non-hydrogen) atoms. The van der Waals surface area contributed by atoms with Gasteiger partial charge >= 0.3 is 0 Å². The Morgan fingerprint density at radius 3 is 2.63 bits per heavy atom. The van der Waals surface area contributed by atoms with E-state index in [4.69, 9.17) is 4.42 Å². The lowest BCUT2D eigenvalue weighted by Gasteiger charge is -2.15. The quantitative estimate of drug-likeness (QED) is 0.402. The Hall–Kier alpha value is -3.06. The highest BCUT2D eigenvalue weighted by Crippen LogP contribution is 2.29. The van der Waals surface area contributed by atoms with Gasteiger partial charge < -0.3 is 9.73 Å². The van der Waals surface area contributed by atoms with Crippen LogP contribution in [0.5, 0.6) is 0 Å². The molecule has 2 aromatic heterocycles. The second-order valence-electron chi connectivity index (χ2n) is 7.56. The van der Waals surface area contributed by atoms with Crippen LogP contribution in [0.25, 0.3) is 22.4 Å². The topological polar surface area (TPSA) is 73.0 Å². The van der Waals surface area contributed by atoms with Crippen molar-refractivity contribution in [1.29, 1.82) is 0 Å². The zero-order valence-corrected chi connectivity index (χ0v) is 18.0. The van der Waals surface area contributed by atoms with Gasteiger partial charge in [0.25, 0.3) is 0 Å². The number of nitrogens with one attached hydrogen (secondary N) is 1. The van der Waals surface area contributed by atoms with Crippen LogP contribution in [0.1, 0.15) is 20.8 Å². The van der Waals surface area contributed by atoms with Crippen molar-refractivity contribution in [3.05, 3.63) is 60.9 Å². The average Bonchev–Trinajstić information content (AvgIpc) is 3.38. The number of carbonyl (C=O) groups excluding carboxylic acids is 1. The number of hydrogen-bond donors (Lipinski definition) is 1. The fourth-order valence-electron chi connectivity index (χ4n) is 3.27. The Balaban J connectivity index is 1.54. The average molecular weight is 421 g/mol. The molecule has 6 nitrogen and oxygen atoms in total. The molecule has 1 N–H and O–H groups in total. The number of fused-ring (bicyclic) bond motifs is 1. The van der Waals surface area contributed by atoms with Gasteiger partial charge in [0, 0.05) is 17.6 Å². The Morgan fingerprint density at radius 2 is 1.87 bits per heavy atom. The number of aromatic nitrogens is 3. The fraction of sp³-hybridized carbons (Fsp3) is 0.261. The minimum Gasteiger partial charge on any atom is -0.461 e. The fourth-order valence-corrected chi connectivity index (χ4v) is 4.13. The van der Waals surface area contributed by atoms with Crippen molar-refractivity contribution in [2.45, 2.75) is 37.7 Å². The van der Waals surface area contributed by atoms with Gasteiger partial charge in [-0.05, 0) is 36.4 Å². The van der Waals surface area contributed by atoms with Gasteiger partial charge in [-0.3, -0.25) is 9.36 Å². The highest BCUT2D eigenvalue weighted by atomic mass is 32.2. The van der Waals surface area contributed by atoms with Gasteiger partial charge in [-0.2, -0.15) is 0 Å². The molecule has 0 aliphatic heterocycles. The molecule has 0 fully saturated rings. The van der Waals surface area contributed by atoms with E-state index >= 15 is 0 Å². The lowest BCUT2D eigenvalue weighted by molar-refractivity contribution is -0.115. The minimum absolute atomic E-state index is 0.0741. The molecule has 0 bridgehead atoms. The van der Waals surface area contributed by atoms with E-state index in [-0.39, 0.29) is 11.2 Å². The lowest BCUT2D eigenvalue weighted by atomic mass is 10.1. The molecule has 0 radical (unpaired) electrons. The highest BCUT2D eigenvalue weighted by molar-refractivity contribution is 8.00. The predicted octanol–water partition coefficient (Wildman–Crippen LogP) is 5.47. The van der Waals surface area contributed by atoms with Crippen LogP contribution < -0.4 is 5.32 Å². The Labute approximate surface area is 179 Å². The van der Waals surface area contributed by atoms with Gasteiger partial charge in [0.1, 0.15) is 0 Å². The van der Waals surface area contributed by atoms with Gasteiger partial charge in [0.05, 0.1) is 11.5 Å². The van der Waals surface area contributed by atoms with Crippen LogP contribution in [0.2, 0.25) is 0 Å². The molecule has 1 unspecified atom stereocenters. The first kappa shape index (κ1) is 20.2. The van der Waals surface area contributed by atoms with Crippen molar-refractivity contribution in [3.63, 3.8) is 0 Å². The zero-order chi connectivity index (χ0) is 21.1. The summed E-state index contributed by atoms with van der Waals surface area (Å²) in [5, 5.41) is 14.2. The number of furan rings is 1. The third-order valence-corrected chi connectivity index (χ3v) is 5.79. The van der Waals surface area contributed by atoms with Gasteiger partial charge in [-0.25, -0.2) is 0 Å². The summed E-state index contributed by atoms with van der Waals surface area (Å²) in [7, 11) is 0. The van der Waals surface area contributed by atoms with Crippen LogP contribution in [0.4, 0.5) is 5.69 Å². The monoisotopic (exact) mass is 420 g/mol. The standard InChI is InChI=1S/C23H24N4O2S/c1-15(2)14-27-21(20-12-7-13-29-20)25-26-23(27)30-16(3)22(28)24-19-11-6-9-17-8-4-5-10-18(17)19/h4-13,15-16H,14H2,1-3H3,(H,24,28). The maximum atomic E-state index is 12.9. The van der Waals surface area contributed by atoms with Gasteiger partial charge in [0.15, 0.2) is 16.7 Å². The van der Waals surface area contributed by atoms with Crippen LogP contribution >= 0.6 is 11.8 Å². The summed E-state index contributed by atoms with van der Waals surface area (Å²) in [5.74, 6) is 1.67. The van der Waals surface area contributed by atoms with Crippen molar-refractivity contribution >= 4 is 34.1 Å². The number of anilines is 1. The normalized spacial score (nSPS) is 12.4. The summed E-state index contributed by atoms with van der Waals surface area (Å²) >= 11 is 1.40. The number of benzene rings is 2. The van der Waals surface area contributed by atoms with Gasteiger partial charge in [0.2, 0.25) is 5.91 Å². The molecular weight excluding hydrogens is 396 g/mol. The van der Waals surface area contributed by atoms with Crippen molar-refractivity contribution < 1.29 is 9.21 Å². The number of rotatable bonds is 7. The molecule has 154 valence electrons. The second kappa shape index (κ2) is 8.75. The molecule has 0 aliphatic rings. The van der Waals surface area contributed by atoms with Gasteiger partial charge in [-0.15, -0.1) is 10.2 Å². The van der Waals surface area contributed by atoms with Crippen LogP contribution in [0.3, 0.4) is 0 Å². The summed E-state index contributed by atoms with van der Waals surface area (Å²) in [4.78, 5) is 12.9. The summed E-state index contributed by atoms with van der Waals surface area (Å²) in [6, 6.07) is 17.6. The third-order valence-electron chi connectivity index (χ3n) is 4.71. The maximum Gasteiger partial charge on any atom is 0.237 e. The summed E-state index contributed by atoms with van der Waals surface area (Å²) < 4.78 is 7.54. The van der Waals surface area contributed by atoms with E-state index < -0.39 is 0 Å². The third kappa shape index (κ3) is 4.26. The second-order valence-corrected chi connectivity index (χ2v) is 8.87. The molecule has 0 saturated carbocycles.